The van der Waals surface area contributed by atoms with Gasteiger partial charge in [-0.3, -0.25) is 4.79 Å². The Kier molecular flexibility index (Phi) is 5.30. The number of carbonyl (C=O) groups is 1. The highest BCUT2D eigenvalue weighted by atomic mass is 79.9. The molecule has 0 radical (unpaired) electrons. The van der Waals surface area contributed by atoms with Crippen LogP contribution in [-0.4, -0.2) is 17.4 Å². The van der Waals surface area contributed by atoms with Gasteiger partial charge in [-0.2, -0.15) is 0 Å². The van der Waals surface area contributed by atoms with Crippen LogP contribution in [0.2, 0.25) is 0 Å². The molecule has 0 heterocycles. The number of halogens is 1. The van der Waals surface area contributed by atoms with Gasteiger partial charge in [0.25, 0.3) is 0 Å². The van der Waals surface area contributed by atoms with Gasteiger partial charge in [0.05, 0.1) is 0 Å². The molecule has 1 unspecified atom stereocenters. The molecule has 58 valence electrons. The average molecular weight is 207 g/mol. The van der Waals surface area contributed by atoms with Gasteiger partial charge in [-0.15, -0.1) is 0 Å². The predicted octanol–water partition coefficient (Wildman–Crippen LogP) is 1.89. The van der Waals surface area contributed by atoms with Crippen LogP contribution in [-0.2, 0) is 9.53 Å². The fraction of sp³-hybridized carbons (Fsp3) is 0.571. The molecule has 0 aromatic rings. The molecule has 0 saturated carbocycles. The monoisotopic (exact) mass is 206 g/mol. The number of esters is 1. The number of alkyl halides is 1. The minimum atomic E-state index is -0.244. The minimum Gasteiger partial charge on any atom is -0.459 e. The van der Waals surface area contributed by atoms with Crippen molar-refractivity contribution in [1.82, 2.24) is 0 Å². The molecule has 0 rings (SSSR count). The Bertz CT molecular complexity index is 132. The average Bonchev–Trinajstić information content (AvgIpc) is 1.82. The van der Waals surface area contributed by atoms with Crippen molar-refractivity contribution < 1.29 is 9.53 Å². The van der Waals surface area contributed by atoms with E-state index in [1.807, 2.05) is 19.1 Å². The minimum absolute atomic E-state index is 0.116. The molecule has 1 atom stereocenters. The second kappa shape index (κ2) is 5.47. The first kappa shape index (κ1) is 9.69. The summed E-state index contributed by atoms with van der Waals surface area (Å²) in [6, 6.07) is 0. The zero-order chi connectivity index (χ0) is 7.98. The molecule has 0 aliphatic carbocycles. The number of hydrogen-bond acceptors (Lipinski definition) is 2. The van der Waals surface area contributed by atoms with Crippen LogP contribution in [0.4, 0.5) is 0 Å². The van der Waals surface area contributed by atoms with Gasteiger partial charge < -0.3 is 4.74 Å². The van der Waals surface area contributed by atoms with Gasteiger partial charge in [0.2, 0.25) is 0 Å². The maximum absolute atomic E-state index is 10.3. The fourth-order valence-electron chi connectivity index (χ4n) is 0.544. The molecule has 0 spiro atoms. The lowest BCUT2D eigenvalue weighted by atomic mass is 10.4. The second-order valence-electron chi connectivity index (χ2n) is 1.90. The Morgan fingerprint density at radius 2 is 2.40 bits per heavy atom. The van der Waals surface area contributed by atoms with Crippen LogP contribution < -0.4 is 0 Å². The number of allylic oxidation sites excluding steroid dienone is 1. The van der Waals surface area contributed by atoms with Crippen LogP contribution in [0.15, 0.2) is 12.2 Å². The van der Waals surface area contributed by atoms with E-state index in [0.717, 1.165) is 5.33 Å². The lowest BCUT2D eigenvalue weighted by Gasteiger charge is -2.04. The Labute approximate surface area is 69.4 Å². The first-order valence-electron chi connectivity index (χ1n) is 3.06. The molecule has 3 heteroatoms. The quantitative estimate of drug-likeness (QED) is 0.401. The Morgan fingerprint density at radius 3 is 2.80 bits per heavy atom. The third kappa shape index (κ3) is 5.82. The Balaban J connectivity index is 3.52. The molecular weight excluding hydrogens is 196 g/mol. The number of rotatable bonds is 3. The van der Waals surface area contributed by atoms with Crippen LogP contribution in [0.3, 0.4) is 0 Å². The zero-order valence-corrected chi connectivity index (χ0v) is 7.72. The topological polar surface area (TPSA) is 26.3 Å². The first-order valence-corrected chi connectivity index (χ1v) is 4.18. The summed E-state index contributed by atoms with van der Waals surface area (Å²) >= 11 is 3.22. The Morgan fingerprint density at radius 1 is 1.80 bits per heavy atom. The van der Waals surface area contributed by atoms with Gasteiger partial charge in [-0.05, 0) is 13.0 Å². The van der Waals surface area contributed by atoms with E-state index >= 15 is 0 Å². The molecule has 0 aliphatic heterocycles. The summed E-state index contributed by atoms with van der Waals surface area (Å²) in [5, 5.41) is 0.790. The molecule has 0 N–H and O–H groups in total. The fourth-order valence-corrected chi connectivity index (χ4v) is 0.760. The smallest absolute Gasteiger partial charge is 0.303 e. The van der Waals surface area contributed by atoms with Crippen molar-refractivity contribution in [3.63, 3.8) is 0 Å². The molecule has 0 fully saturated rings. The maximum Gasteiger partial charge on any atom is 0.303 e. The van der Waals surface area contributed by atoms with Gasteiger partial charge in [-0.1, -0.05) is 22.0 Å². The summed E-state index contributed by atoms with van der Waals surface area (Å²) in [6.07, 6.45) is 3.61. The lowest BCUT2D eigenvalue weighted by molar-refractivity contribution is -0.143. The molecule has 0 aliphatic rings. The zero-order valence-electron chi connectivity index (χ0n) is 6.13. The van der Waals surface area contributed by atoms with Gasteiger partial charge in [0.15, 0.2) is 0 Å². The Hall–Kier alpha value is -0.310. The molecule has 0 aromatic heterocycles. The largest absolute Gasteiger partial charge is 0.459 e. The van der Waals surface area contributed by atoms with E-state index in [1.165, 1.54) is 6.92 Å². The van der Waals surface area contributed by atoms with E-state index in [1.54, 1.807) is 0 Å². The molecule has 2 nitrogen and oxygen atoms in total. The summed E-state index contributed by atoms with van der Waals surface area (Å²) in [7, 11) is 0. The normalized spacial score (nSPS) is 13.5. The van der Waals surface area contributed by atoms with E-state index in [4.69, 9.17) is 4.74 Å². The lowest BCUT2D eigenvalue weighted by Crippen LogP contribution is -2.08. The highest BCUT2D eigenvalue weighted by molar-refractivity contribution is 9.09. The van der Waals surface area contributed by atoms with Crippen LogP contribution in [0.5, 0.6) is 0 Å². The van der Waals surface area contributed by atoms with Gasteiger partial charge in [0, 0.05) is 12.3 Å². The van der Waals surface area contributed by atoms with Gasteiger partial charge in [-0.25, -0.2) is 0 Å². The number of ether oxygens (including phenoxy) is 1. The van der Waals surface area contributed by atoms with Crippen molar-refractivity contribution in [2.24, 2.45) is 0 Å². The highest BCUT2D eigenvalue weighted by Gasteiger charge is 1.97. The van der Waals surface area contributed by atoms with Gasteiger partial charge >= 0.3 is 5.97 Å². The summed E-state index contributed by atoms with van der Waals surface area (Å²) < 4.78 is 4.81. The molecule has 0 aromatic carbocycles. The molecule has 10 heavy (non-hydrogen) atoms. The first-order chi connectivity index (χ1) is 4.66. The van der Waals surface area contributed by atoms with E-state index in [-0.39, 0.29) is 12.1 Å². The van der Waals surface area contributed by atoms with E-state index in [2.05, 4.69) is 15.9 Å². The summed E-state index contributed by atoms with van der Waals surface area (Å²) in [5.74, 6) is -0.244. The van der Waals surface area contributed by atoms with Crippen molar-refractivity contribution in [2.75, 3.05) is 5.33 Å². The van der Waals surface area contributed by atoms with Crippen LogP contribution in [0, 0.1) is 0 Å². The number of hydrogen-bond donors (Lipinski definition) is 0. The van der Waals surface area contributed by atoms with Crippen molar-refractivity contribution in [3.8, 4) is 0 Å². The van der Waals surface area contributed by atoms with E-state index < -0.39 is 0 Å². The van der Waals surface area contributed by atoms with Crippen molar-refractivity contribution in [3.05, 3.63) is 12.2 Å². The third-order valence-corrected chi connectivity index (χ3v) is 1.22. The van der Waals surface area contributed by atoms with E-state index in [0.29, 0.717) is 0 Å². The molecule has 0 amide bonds. The summed E-state index contributed by atoms with van der Waals surface area (Å²) in [5.41, 5.74) is 0. The van der Waals surface area contributed by atoms with E-state index in [9.17, 15) is 4.79 Å². The predicted molar refractivity (Wildman–Crippen MR) is 44.2 cm³/mol. The maximum atomic E-state index is 10.3. The van der Waals surface area contributed by atoms with Gasteiger partial charge in [0.1, 0.15) is 6.10 Å². The molecule has 0 saturated heterocycles. The van der Waals surface area contributed by atoms with Crippen molar-refractivity contribution >= 4 is 21.9 Å². The van der Waals surface area contributed by atoms with Crippen LogP contribution in [0.1, 0.15) is 13.8 Å². The standard InChI is InChI=1S/C7H11BrO2/c1-6(4-3-5-8)10-7(2)9/h3-4,6H,5H2,1-2H3/b4-3+. The van der Waals surface area contributed by atoms with Crippen LogP contribution >= 0.6 is 15.9 Å². The molecular formula is C7H11BrO2. The number of carbonyl (C=O) groups excluding carboxylic acids is 1. The summed E-state index contributed by atoms with van der Waals surface area (Å²) in [6.45, 7) is 3.22. The highest BCUT2D eigenvalue weighted by Crippen LogP contribution is 1.94. The summed E-state index contributed by atoms with van der Waals surface area (Å²) in [4.78, 5) is 10.3. The van der Waals surface area contributed by atoms with Crippen molar-refractivity contribution in [1.29, 1.82) is 0 Å². The second-order valence-corrected chi connectivity index (χ2v) is 2.54. The third-order valence-electron chi connectivity index (χ3n) is 0.848. The van der Waals surface area contributed by atoms with Crippen molar-refractivity contribution in [2.45, 2.75) is 20.0 Å². The SMILES string of the molecule is CC(=O)OC(C)/C=C/CBr. The molecule has 0 bridgehead atoms. The van der Waals surface area contributed by atoms with Crippen LogP contribution in [0.25, 0.3) is 0 Å².